The molecule has 2 unspecified atom stereocenters. The number of thiophene rings is 1. The lowest BCUT2D eigenvalue weighted by molar-refractivity contribution is -0.142. The molecule has 0 spiro atoms. The van der Waals surface area contributed by atoms with E-state index >= 15 is 0 Å². The van der Waals surface area contributed by atoms with Crippen LogP contribution in [0.3, 0.4) is 0 Å². The minimum absolute atomic E-state index is 0.190. The van der Waals surface area contributed by atoms with Crippen LogP contribution in [0.5, 0.6) is 0 Å². The van der Waals surface area contributed by atoms with Gasteiger partial charge in [-0.2, -0.15) is 0 Å². The van der Waals surface area contributed by atoms with E-state index in [9.17, 15) is 4.79 Å². The maximum atomic E-state index is 10.9. The number of carbonyl (C=O) groups is 1. The predicted molar refractivity (Wildman–Crippen MR) is 59.9 cm³/mol. The second kappa shape index (κ2) is 4.33. The Morgan fingerprint density at radius 2 is 2.47 bits per heavy atom. The van der Waals surface area contributed by atoms with Gasteiger partial charge in [0.2, 0.25) is 0 Å². The van der Waals surface area contributed by atoms with E-state index in [-0.39, 0.29) is 11.8 Å². The van der Waals surface area contributed by atoms with E-state index in [1.165, 1.54) is 4.88 Å². The molecule has 82 valence electrons. The van der Waals surface area contributed by atoms with Crippen LogP contribution in [-0.4, -0.2) is 29.1 Å². The topological polar surface area (TPSA) is 40.5 Å². The summed E-state index contributed by atoms with van der Waals surface area (Å²) in [7, 11) is 0. The second-order valence-electron chi connectivity index (χ2n) is 4.20. The van der Waals surface area contributed by atoms with Gasteiger partial charge in [0.25, 0.3) is 0 Å². The molecule has 4 heteroatoms. The van der Waals surface area contributed by atoms with Crippen LogP contribution < -0.4 is 0 Å². The average molecular weight is 225 g/mol. The molecule has 0 aromatic carbocycles. The lowest BCUT2D eigenvalue weighted by atomic mass is 9.99. The van der Waals surface area contributed by atoms with Crippen LogP contribution in [0.15, 0.2) is 17.5 Å². The molecule has 1 aliphatic heterocycles. The predicted octanol–water partition coefficient (Wildman–Crippen LogP) is 1.90. The molecule has 15 heavy (non-hydrogen) atoms. The zero-order chi connectivity index (χ0) is 10.8. The van der Waals surface area contributed by atoms with Gasteiger partial charge in [-0.3, -0.25) is 9.69 Å². The normalized spacial score (nSPS) is 27.0. The minimum atomic E-state index is -0.656. The smallest absolute Gasteiger partial charge is 0.308 e. The lowest BCUT2D eigenvalue weighted by Crippen LogP contribution is -2.22. The number of nitrogens with zero attached hydrogens (tertiary/aromatic N) is 1. The lowest BCUT2D eigenvalue weighted by Gasteiger charge is -2.13. The van der Waals surface area contributed by atoms with E-state index in [4.69, 9.17) is 5.11 Å². The maximum absolute atomic E-state index is 10.9. The highest BCUT2D eigenvalue weighted by Crippen LogP contribution is 2.25. The van der Waals surface area contributed by atoms with Crippen molar-refractivity contribution in [3.63, 3.8) is 0 Å². The molecule has 0 aliphatic carbocycles. The fourth-order valence-electron chi connectivity index (χ4n) is 2.14. The van der Waals surface area contributed by atoms with Crippen molar-refractivity contribution in [2.75, 3.05) is 13.1 Å². The molecule has 0 bridgehead atoms. The number of rotatable bonds is 3. The van der Waals surface area contributed by atoms with Gasteiger partial charge >= 0.3 is 5.97 Å². The Morgan fingerprint density at radius 1 is 1.67 bits per heavy atom. The van der Waals surface area contributed by atoms with E-state index in [0.29, 0.717) is 6.54 Å². The van der Waals surface area contributed by atoms with Gasteiger partial charge in [0, 0.05) is 24.5 Å². The first kappa shape index (κ1) is 10.6. The molecule has 1 aromatic rings. The number of carboxylic acids is 1. The molecule has 2 heterocycles. The first-order chi connectivity index (χ1) is 7.16. The molecular weight excluding hydrogens is 210 g/mol. The first-order valence-electron chi connectivity index (χ1n) is 5.14. The van der Waals surface area contributed by atoms with Crippen molar-refractivity contribution in [3.8, 4) is 0 Å². The third-order valence-corrected chi connectivity index (χ3v) is 3.83. The van der Waals surface area contributed by atoms with Crippen LogP contribution in [0.25, 0.3) is 0 Å². The average Bonchev–Trinajstić information content (AvgIpc) is 2.75. The molecule has 1 aromatic heterocycles. The molecule has 1 aliphatic rings. The zero-order valence-electron chi connectivity index (χ0n) is 8.72. The molecule has 0 amide bonds. The van der Waals surface area contributed by atoms with Crippen LogP contribution in [0.1, 0.15) is 11.8 Å². The molecule has 1 N–H and O–H groups in total. The molecule has 1 fully saturated rings. The van der Waals surface area contributed by atoms with E-state index < -0.39 is 5.97 Å². The first-order valence-corrected chi connectivity index (χ1v) is 6.02. The van der Waals surface area contributed by atoms with Crippen LogP contribution in [0.4, 0.5) is 0 Å². The van der Waals surface area contributed by atoms with Gasteiger partial charge in [-0.25, -0.2) is 0 Å². The fourth-order valence-corrected chi connectivity index (χ4v) is 2.89. The van der Waals surface area contributed by atoms with Crippen molar-refractivity contribution in [3.05, 3.63) is 22.4 Å². The van der Waals surface area contributed by atoms with E-state index in [1.807, 2.05) is 13.0 Å². The van der Waals surface area contributed by atoms with Crippen LogP contribution in [0, 0.1) is 11.8 Å². The third-order valence-electron chi connectivity index (χ3n) is 2.96. The van der Waals surface area contributed by atoms with Crippen molar-refractivity contribution in [1.82, 2.24) is 4.90 Å². The SMILES string of the molecule is CC1CN(Cc2cccs2)CC1C(=O)O. The fraction of sp³-hybridized carbons (Fsp3) is 0.545. The Balaban J connectivity index is 1.94. The summed E-state index contributed by atoms with van der Waals surface area (Å²) in [6.45, 7) is 4.50. The quantitative estimate of drug-likeness (QED) is 0.854. The Labute approximate surface area is 93.3 Å². The Bertz CT molecular complexity index is 336. The number of carboxylic acid groups (broad SMARTS) is 1. The van der Waals surface area contributed by atoms with Gasteiger partial charge < -0.3 is 5.11 Å². The summed E-state index contributed by atoms with van der Waals surface area (Å²) >= 11 is 1.73. The molecule has 1 saturated heterocycles. The monoisotopic (exact) mass is 225 g/mol. The molecule has 3 nitrogen and oxygen atoms in total. The van der Waals surface area contributed by atoms with Crippen molar-refractivity contribution < 1.29 is 9.90 Å². The highest BCUT2D eigenvalue weighted by molar-refractivity contribution is 7.09. The van der Waals surface area contributed by atoms with Gasteiger partial charge in [-0.1, -0.05) is 13.0 Å². The summed E-state index contributed by atoms with van der Waals surface area (Å²) in [5.41, 5.74) is 0. The van der Waals surface area contributed by atoms with Crippen molar-refractivity contribution in [1.29, 1.82) is 0 Å². The van der Waals surface area contributed by atoms with Crippen LogP contribution >= 0.6 is 11.3 Å². The Morgan fingerprint density at radius 3 is 3.00 bits per heavy atom. The molecule has 2 rings (SSSR count). The molecule has 2 atom stereocenters. The molecule has 0 radical (unpaired) electrons. The van der Waals surface area contributed by atoms with Crippen molar-refractivity contribution in [2.45, 2.75) is 13.5 Å². The van der Waals surface area contributed by atoms with Gasteiger partial charge in [-0.15, -0.1) is 11.3 Å². The third kappa shape index (κ3) is 2.38. The Kier molecular flexibility index (Phi) is 3.07. The van der Waals surface area contributed by atoms with Crippen LogP contribution in [0.2, 0.25) is 0 Å². The highest BCUT2D eigenvalue weighted by Gasteiger charge is 2.34. The summed E-state index contributed by atoms with van der Waals surface area (Å²) in [5.74, 6) is -0.580. The standard InChI is InChI=1S/C11H15NO2S/c1-8-5-12(7-10(8)11(13)14)6-9-3-2-4-15-9/h2-4,8,10H,5-7H2,1H3,(H,13,14). The largest absolute Gasteiger partial charge is 0.481 e. The summed E-state index contributed by atoms with van der Waals surface area (Å²) in [4.78, 5) is 14.5. The summed E-state index contributed by atoms with van der Waals surface area (Å²) in [6.07, 6.45) is 0. The summed E-state index contributed by atoms with van der Waals surface area (Å²) in [5, 5.41) is 11.1. The van der Waals surface area contributed by atoms with Crippen LogP contribution in [-0.2, 0) is 11.3 Å². The molecular formula is C11H15NO2S. The highest BCUT2D eigenvalue weighted by atomic mass is 32.1. The van der Waals surface area contributed by atoms with Crippen molar-refractivity contribution in [2.24, 2.45) is 11.8 Å². The summed E-state index contributed by atoms with van der Waals surface area (Å²) < 4.78 is 0. The second-order valence-corrected chi connectivity index (χ2v) is 5.23. The van der Waals surface area contributed by atoms with Gasteiger partial charge in [0.05, 0.1) is 5.92 Å². The number of likely N-dealkylation sites (tertiary alicyclic amines) is 1. The molecule has 0 saturated carbocycles. The number of hydrogen-bond donors (Lipinski definition) is 1. The number of aliphatic carboxylic acids is 1. The number of hydrogen-bond acceptors (Lipinski definition) is 3. The van der Waals surface area contributed by atoms with Gasteiger partial charge in [0.1, 0.15) is 0 Å². The maximum Gasteiger partial charge on any atom is 0.308 e. The van der Waals surface area contributed by atoms with E-state index in [1.54, 1.807) is 11.3 Å². The zero-order valence-corrected chi connectivity index (χ0v) is 9.54. The minimum Gasteiger partial charge on any atom is -0.481 e. The Hall–Kier alpha value is -0.870. The summed E-state index contributed by atoms with van der Waals surface area (Å²) in [6, 6.07) is 4.14. The van der Waals surface area contributed by atoms with E-state index in [0.717, 1.165) is 13.1 Å². The van der Waals surface area contributed by atoms with Gasteiger partial charge in [0.15, 0.2) is 0 Å². The van der Waals surface area contributed by atoms with Gasteiger partial charge in [-0.05, 0) is 17.4 Å². The van der Waals surface area contributed by atoms with Crippen molar-refractivity contribution >= 4 is 17.3 Å². The van der Waals surface area contributed by atoms with E-state index in [2.05, 4.69) is 16.3 Å².